The standard InChI is InChI=1S/C32H30F3N3O4/c1-2-41-31(40)30-29(37-18-6-10-27(37)39)24-19-20(28-25(32(33,34)35)9-5-17-36-28)11-16-26(24)38(30)21-12-14-23(15-13-21)42-22-7-3-4-8-22/h5,9,11-17,19,22H,2-4,6-8,10,18H2,1H3. The lowest BCUT2D eigenvalue weighted by Crippen LogP contribution is -2.26. The molecule has 3 heterocycles. The van der Waals surface area contributed by atoms with Crippen molar-refractivity contribution in [2.24, 2.45) is 0 Å². The summed E-state index contributed by atoms with van der Waals surface area (Å²) in [4.78, 5) is 32.2. The monoisotopic (exact) mass is 577 g/mol. The van der Waals surface area contributed by atoms with Gasteiger partial charge in [-0.15, -0.1) is 0 Å². The lowest BCUT2D eigenvalue weighted by molar-refractivity contribution is -0.137. The summed E-state index contributed by atoms with van der Waals surface area (Å²) in [6.45, 7) is 2.18. The summed E-state index contributed by atoms with van der Waals surface area (Å²) in [5.74, 6) is -0.0870. The zero-order valence-electron chi connectivity index (χ0n) is 23.1. The molecule has 7 nitrogen and oxygen atoms in total. The number of pyridine rings is 1. The fourth-order valence-corrected chi connectivity index (χ4v) is 5.97. The first-order valence-corrected chi connectivity index (χ1v) is 14.2. The predicted octanol–water partition coefficient (Wildman–Crippen LogP) is 7.34. The summed E-state index contributed by atoms with van der Waals surface area (Å²) < 4.78 is 55.0. The van der Waals surface area contributed by atoms with Gasteiger partial charge in [-0.1, -0.05) is 6.07 Å². The van der Waals surface area contributed by atoms with Crippen molar-refractivity contribution in [3.05, 3.63) is 72.1 Å². The number of hydrogen-bond donors (Lipinski definition) is 0. The zero-order valence-corrected chi connectivity index (χ0v) is 23.1. The van der Waals surface area contributed by atoms with Crippen molar-refractivity contribution >= 4 is 28.5 Å². The van der Waals surface area contributed by atoms with Gasteiger partial charge in [0, 0.05) is 35.8 Å². The first kappa shape index (κ1) is 27.8. The number of amides is 1. The van der Waals surface area contributed by atoms with Crippen LogP contribution in [0.15, 0.2) is 60.8 Å². The maximum Gasteiger partial charge on any atom is 0.418 e. The zero-order chi connectivity index (χ0) is 29.4. The molecule has 0 spiro atoms. The van der Waals surface area contributed by atoms with Crippen LogP contribution in [0.2, 0.25) is 0 Å². The van der Waals surface area contributed by atoms with Crippen LogP contribution < -0.4 is 9.64 Å². The molecule has 0 unspecified atom stereocenters. The lowest BCUT2D eigenvalue weighted by Gasteiger charge is -2.18. The number of fused-ring (bicyclic) bond motifs is 1. The van der Waals surface area contributed by atoms with Crippen LogP contribution in [0.3, 0.4) is 0 Å². The molecule has 2 aliphatic rings. The second kappa shape index (κ2) is 11.2. The quantitative estimate of drug-likeness (QED) is 0.215. The number of hydrogen-bond acceptors (Lipinski definition) is 5. The highest BCUT2D eigenvalue weighted by molar-refractivity contribution is 6.14. The van der Waals surface area contributed by atoms with E-state index in [0.29, 0.717) is 47.4 Å². The topological polar surface area (TPSA) is 73.7 Å². The van der Waals surface area contributed by atoms with Crippen LogP contribution in [-0.2, 0) is 15.7 Å². The third-order valence-electron chi connectivity index (χ3n) is 7.84. The molecule has 1 aliphatic carbocycles. The molecule has 6 rings (SSSR count). The van der Waals surface area contributed by atoms with Crippen molar-refractivity contribution in [3.63, 3.8) is 0 Å². The Hall–Kier alpha value is -4.34. The van der Waals surface area contributed by atoms with Gasteiger partial charge in [0.05, 0.1) is 35.2 Å². The van der Waals surface area contributed by atoms with E-state index in [2.05, 4.69) is 4.98 Å². The van der Waals surface area contributed by atoms with Crippen molar-refractivity contribution in [2.75, 3.05) is 18.1 Å². The number of alkyl halides is 3. The second-order valence-electron chi connectivity index (χ2n) is 10.5. The summed E-state index contributed by atoms with van der Waals surface area (Å²) in [6, 6.07) is 14.4. The van der Waals surface area contributed by atoms with Crippen LogP contribution in [0.1, 0.15) is 61.5 Å². The highest BCUT2D eigenvalue weighted by Crippen LogP contribution is 2.42. The summed E-state index contributed by atoms with van der Waals surface area (Å²) in [7, 11) is 0. The fraction of sp³-hybridized carbons (Fsp3) is 0.344. The smallest absolute Gasteiger partial charge is 0.418 e. The lowest BCUT2D eigenvalue weighted by atomic mass is 10.0. The number of ether oxygens (including phenoxy) is 2. The van der Waals surface area contributed by atoms with Gasteiger partial charge in [0.25, 0.3) is 0 Å². The van der Waals surface area contributed by atoms with Gasteiger partial charge in [-0.05, 0) is 87.6 Å². The molecule has 1 amide bonds. The normalized spacial score (nSPS) is 16.0. The van der Waals surface area contributed by atoms with Crippen molar-refractivity contribution in [2.45, 2.75) is 57.7 Å². The van der Waals surface area contributed by atoms with Crippen LogP contribution in [-0.4, -0.2) is 40.7 Å². The molecular weight excluding hydrogens is 547 g/mol. The molecule has 1 saturated heterocycles. The number of nitrogens with zero attached hydrogens (tertiary/aromatic N) is 3. The number of benzene rings is 2. The third-order valence-corrected chi connectivity index (χ3v) is 7.84. The van der Waals surface area contributed by atoms with Crippen LogP contribution in [0.25, 0.3) is 27.8 Å². The van der Waals surface area contributed by atoms with E-state index >= 15 is 0 Å². The molecule has 1 saturated carbocycles. The van der Waals surface area contributed by atoms with Crippen molar-refractivity contribution in [1.29, 1.82) is 0 Å². The molecule has 42 heavy (non-hydrogen) atoms. The highest BCUT2D eigenvalue weighted by atomic mass is 19.4. The fourth-order valence-electron chi connectivity index (χ4n) is 5.97. The molecule has 2 aromatic heterocycles. The van der Waals surface area contributed by atoms with Crippen molar-refractivity contribution in [1.82, 2.24) is 9.55 Å². The Morgan fingerprint density at radius 1 is 1.05 bits per heavy atom. The second-order valence-corrected chi connectivity index (χ2v) is 10.5. The molecule has 218 valence electrons. The number of aromatic nitrogens is 2. The molecule has 0 N–H and O–H groups in total. The van der Waals surface area contributed by atoms with Crippen LogP contribution in [0.4, 0.5) is 18.9 Å². The first-order chi connectivity index (χ1) is 20.3. The Morgan fingerprint density at radius 3 is 2.48 bits per heavy atom. The average molecular weight is 578 g/mol. The minimum Gasteiger partial charge on any atom is -0.490 e. The molecule has 0 radical (unpaired) electrons. The van der Waals surface area contributed by atoms with Gasteiger partial charge in [-0.25, -0.2) is 4.79 Å². The minimum atomic E-state index is -4.61. The maximum atomic E-state index is 13.9. The molecule has 1 aliphatic heterocycles. The molecule has 0 bridgehead atoms. The number of carbonyl (C=O) groups is 2. The van der Waals surface area contributed by atoms with E-state index < -0.39 is 17.7 Å². The number of esters is 1. The number of halogens is 3. The largest absolute Gasteiger partial charge is 0.490 e. The van der Waals surface area contributed by atoms with Gasteiger partial charge < -0.3 is 18.9 Å². The Balaban J connectivity index is 1.56. The highest BCUT2D eigenvalue weighted by Gasteiger charge is 2.36. The molecule has 2 aromatic carbocycles. The van der Waals surface area contributed by atoms with Crippen LogP contribution >= 0.6 is 0 Å². The van der Waals surface area contributed by atoms with E-state index in [1.807, 2.05) is 24.3 Å². The summed E-state index contributed by atoms with van der Waals surface area (Å²) >= 11 is 0. The molecule has 4 aromatic rings. The van der Waals surface area contributed by atoms with Gasteiger partial charge in [-0.2, -0.15) is 13.2 Å². The van der Waals surface area contributed by atoms with Crippen LogP contribution in [0.5, 0.6) is 5.75 Å². The maximum absolute atomic E-state index is 13.9. The molecule has 10 heteroatoms. The SMILES string of the molecule is CCOC(=O)c1c(N2CCCC2=O)c2cc(-c3ncccc3C(F)(F)F)ccc2n1-c1ccc(OC2CCCC2)cc1. The summed E-state index contributed by atoms with van der Waals surface area (Å²) in [5, 5.41) is 0.455. The van der Waals surface area contributed by atoms with E-state index in [9.17, 15) is 22.8 Å². The number of carbonyl (C=O) groups excluding carboxylic acids is 2. The van der Waals surface area contributed by atoms with Crippen LogP contribution in [0, 0.1) is 0 Å². The van der Waals surface area contributed by atoms with Gasteiger partial charge >= 0.3 is 12.1 Å². The molecule has 0 atom stereocenters. The van der Waals surface area contributed by atoms with E-state index in [-0.39, 0.29) is 35.6 Å². The van der Waals surface area contributed by atoms with E-state index in [1.165, 1.54) is 17.2 Å². The average Bonchev–Trinajstić information content (AvgIpc) is 3.72. The van der Waals surface area contributed by atoms with E-state index in [0.717, 1.165) is 31.7 Å². The minimum absolute atomic E-state index is 0.107. The number of rotatable bonds is 7. The predicted molar refractivity (Wildman–Crippen MR) is 152 cm³/mol. The van der Waals surface area contributed by atoms with Gasteiger partial charge in [-0.3, -0.25) is 9.78 Å². The number of anilines is 1. The third kappa shape index (κ3) is 5.10. The first-order valence-electron chi connectivity index (χ1n) is 14.2. The van der Waals surface area contributed by atoms with Gasteiger partial charge in [0.1, 0.15) is 5.75 Å². The van der Waals surface area contributed by atoms with Crippen molar-refractivity contribution in [3.8, 4) is 22.7 Å². The van der Waals surface area contributed by atoms with E-state index in [1.54, 1.807) is 29.7 Å². The molecular formula is C32H30F3N3O4. The van der Waals surface area contributed by atoms with Gasteiger partial charge in [0.2, 0.25) is 5.91 Å². The van der Waals surface area contributed by atoms with Gasteiger partial charge in [0.15, 0.2) is 5.69 Å². The Morgan fingerprint density at radius 2 is 1.81 bits per heavy atom. The Labute approximate surface area is 240 Å². The Bertz CT molecular complexity index is 1640. The summed E-state index contributed by atoms with van der Waals surface area (Å²) in [5.41, 5.74) is 0.753. The van der Waals surface area contributed by atoms with Crippen molar-refractivity contribution < 1.29 is 32.2 Å². The Kier molecular flexibility index (Phi) is 7.38. The summed E-state index contributed by atoms with van der Waals surface area (Å²) in [6.07, 6.45) is 2.09. The molecule has 2 fully saturated rings. The van der Waals surface area contributed by atoms with E-state index in [4.69, 9.17) is 9.47 Å².